The zero-order valence-corrected chi connectivity index (χ0v) is 19.6. The number of hydrogen-bond acceptors (Lipinski definition) is 6. The number of benzene rings is 5. The van der Waals surface area contributed by atoms with Crippen molar-refractivity contribution in [3.05, 3.63) is 115 Å². The molecule has 8 N–H and O–H groups in total. The van der Waals surface area contributed by atoms with Crippen LogP contribution in [0.25, 0.3) is 11.1 Å². The van der Waals surface area contributed by atoms with Gasteiger partial charge in [-0.05, 0) is 78.4 Å². The molecule has 0 fully saturated rings. The minimum atomic E-state index is 0.500. The van der Waals surface area contributed by atoms with Gasteiger partial charge in [0.1, 0.15) is 11.5 Å². The number of nitrogens with two attached hydrogens (primary N) is 3. The third-order valence-electron chi connectivity index (χ3n) is 5.74. The molecule has 0 saturated carbocycles. The summed E-state index contributed by atoms with van der Waals surface area (Å²) in [5, 5.41) is 6.88. The average molecular weight is 474 g/mol. The van der Waals surface area contributed by atoms with Crippen LogP contribution in [-0.2, 0) is 0 Å². The highest BCUT2D eigenvalue weighted by Crippen LogP contribution is 2.36. The molecule has 5 aromatic rings. The van der Waals surface area contributed by atoms with E-state index in [0.717, 1.165) is 33.9 Å². The first kappa shape index (κ1) is 22.7. The lowest BCUT2D eigenvalue weighted by Gasteiger charge is -2.15. The molecule has 0 unspecified atom stereocenters. The summed E-state index contributed by atoms with van der Waals surface area (Å²) >= 11 is 0. The van der Waals surface area contributed by atoms with Crippen molar-refractivity contribution in [1.82, 2.24) is 0 Å². The van der Waals surface area contributed by atoms with Gasteiger partial charge in [0.25, 0.3) is 0 Å². The standard InChI is InChI=1S/C30H27N5O/c31-21-11-18-29(28(33)19-21)36-25-16-14-24(15-17-25)34-23-12-9-20(10-13-23)26-7-4-8-27(32)30(26)35-22-5-2-1-3-6-22/h1-19,34-35H,31-33H2. The van der Waals surface area contributed by atoms with Gasteiger partial charge in [-0.3, -0.25) is 0 Å². The van der Waals surface area contributed by atoms with Crippen LogP contribution in [0.4, 0.5) is 39.8 Å². The van der Waals surface area contributed by atoms with E-state index < -0.39 is 0 Å². The third kappa shape index (κ3) is 5.18. The number of ether oxygens (including phenoxy) is 1. The van der Waals surface area contributed by atoms with Crippen LogP contribution in [0.15, 0.2) is 115 Å². The molecule has 0 spiro atoms. The normalized spacial score (nSPS) is 10.6. The van der Waals surface area contributed by atoms with Gasteiger partial charge in [0.15, 0.2) is 0 Å². The van der Waals surface area contributed by atoms with Crippen LogP contribution in [0.1, 0.15) is 0 Å². The van der Waals surface area contributed by atoms with Crippen LogP contribution in [0, 0.1) is 0 Å². The number of hydrogen-bond donors (Lipinski definition) is 5. The van der Waals surface area contributed by atoms with Gasteiger partial charge in [-0.15, -0.1) is 0 Å². The number of para-hydroxylation sites is 2. The maximum atomic E-state index is 6.32. The molecule has 0 atom stereocenters. The summed E-state index contributed by atoms with van der Waals surface area (Å²) < 4.78 is 5.87. The summed E-state index contributed by atoms with van der Waals surface area (Å²) in [7, 11) is 0. The van der Waals surface area contributed by atoms with E-state index in [4.69, 9.17) is 21.9 Å². The van der Waals surface area contributed by atoms with Crippen LogP contribution in [0.2, 0.25) is 0 Å². The van der Waals surface area contributed by atoms with Crippen LogP contribution < -0.4 is 32.6 Å². The van der Waals surface area contributed by atoms with Gasteiger partial charge in [-0.1, -0.05) is 42.5 Å². The molecule has 6 nitrogen and oxygen atoms in total. The summed E-state index contributed by atoms with van der Waals surface area (Å²) in [6.07, 6.45) is 0. The smallest absolute Gasteiger partial charge is 0.150 e. The zero-order chi connectivity index (χ0) is 24.9. The zero-order valence-electron chi connectivity index (χ0n) is 19.6. The summed E-state index contributed by atoms with van der Waals surface area (Å²) in [5.74, 6) is 1.26. The molecule has 178 valence electrons. The minimum absolute atomic E-state index is 0.500. The van der Waals surface area contributed by atoms with Crippen molar-refractivity contribution in [2.75, 3.05) is 27.8 Å². The topological polar surface area (TPSA) is 111 Å². The quantitative estimate of drug-likeness (QED) is 0.158. The van der Waals surface area contributed by atoms with E-state index in [-0.39, 0.29) is 0 Å². The number of nitrogen functional groups attached to an aromatic ring is 3. The summed E-state index contributed by atoms with van der Waals surface area (Å²) in [6.45, 7) is 0. The summed E-state index contributed by atoms with van der Waals surface area (Å²) in [5.41, 5.74) is 25.7. The van der Waals surface area contributed by atoms with Gasteiger partial charge in [-0.25, -0.2) is 0 Å². The van der Waals surface area contributed by atoms with Crippen LogP contribution in [0.3, 0.4) is 0 Å². The van der Waals surface area contributed by atoms with E-state index in [9.17, 15) is 0 Å². The Labute approximate surface area is 210 Å². The molecule has 6 heteroatoms. The van der Waals surface area contributed by atoms with E-state index >= 15 is 0 Å². The lowest BCUT2D eigenvalue weighted by molar-refractivity contribution is 0.485. The van der Waals surface area contributed by atoms with Gasteiger partial charge in [0.05, 0.1) is 17.1 Å². The second kappa shape index (κ2) is 10.0. The molecule has 0 amide bonds. The highest BCUT2D eigenvalue weighted by atomic mass is 16.5. The maximum Gasteiger partial charge on any atom is 0.150 e. The van der Waals surface area contributed by atoms with Crippen molar-refractivity contribution >= 4 is 39.8 Å². The second-order valence-electron chi connectivity index (χ2n) is 8.39. The first-order chi connectivity index (χ1) is 17.5. The van der Waals surface area contributed by atoms with E-state index in [2.05, 4.69) is 28.8 Å². The molecular formula is C30H27N5O. The number of anilines is 7. The molecular weight excluding hydrogens is 446 g/mol. The second-order valence-corrected chi connectivity index (χ2v) is 8.39. The Bertz CT molecular complexity index is 1470. The SMILES string of the molecule is Nc1ccc(Oc2ccc(Nc3ccc(-c4cccc(N)c4Nc4ccccc4)cc3)cc2)c(N)c1. The Balaban J connectivity index is 1.29. The van der Waals surface area contributed by atoms with Crippen molar-refractivity contribution < 1.29 is 4.74 Å². The molecule has 0 bridgehead atoms. The van der Waals surface area contributed by atoms with Crippen molar-refractivity contribution in [1.29, 1.82) is 0 Å². The fourth-order valence-corrected chi connectivity index (χ4v) is 3.91. The Kier molecular flexibility index (Phi) is 6.32. The van der Waals surface area contributed by atoms with E-state index in [1.165, 1.54) is 0 Å². The molecule has 36 heavy (non-hydrogen) atoms. The first-order valence-corrected chi connectivity index (χ1v) is 11.6. The predicted octanol–water partition coefficient (Wildman–Crippen LogP) is 7.38. The largest absolute Gasteiger partial charge is 0.455 e. The molecule has 0 aliphatic heterocycles. The lowest BCUT2D eigenvalue weighted by atomic mass is 10.0. The Morgan fingerprint density at radius 2 is 1.19 bits per heavy atom. The van der Waals surface area contributed by atoms with Crippen molar-refractivity contribution in [2.45, 2.75) is 0 Å². The Morgan fingerprint density at radius 1 is 0.528 bits per heavy atom. The highest BCUT2D eigenvalue weighted by molar-refractivity contribution is 5.89. The highest BCUT2D eigenvalue weighted by Gasteiger charge is 2.09. The van der Waals surface area contributed by atoms with Crippen molar-refractivity contribution in [2.24, 2.45) is 0 Å². The van der Waals surface area contributed by atoms with Gasteiger partial charge in [-0.2, -0.15) is 0 Å². The minimum Gasteiger partial charge on any atom is -0.455 e. The molecule has 0 heterocycles. The van der Waals surface area contributed by atoms with Crippen LogP contribution >= 0.6 is 0 Å². The van der Waals surface area contributed by atoms with Crippen molar-refractivity contribution in [3.63, 3.8) is 0 Å². The molecule has 0 aliphatic rings. The predicted molar refractivity (Wildman–Crippen MR) is 151 cm³/mol. The molecule has 5 aromatic carbocycles. The Hall–Kier alpha value is -5.10. The van der Waals surface area contributed by atoms with E-state index in [1.54, 1.807) is 18.2 Å². The average Bonchev–Trinajstić information content (AvgIpc) is 2.89. The third-order valence-corrected chi connectivity index (χ3v) is 5.74. The van der Waals surface area contributed by atoms with Gasteiger partial charge >= 0.3 is 0 Å². The molecule has 0 aliphatic carbocycles. The van der Waals surface area contributed by atoms with Gasteiger partial charge < -0.3 is 32.6 Å². The summed E-state index contributed by atoms with van der Waals surface area (Å²) in [4.78, 5) is 0. The fraction of sp³-hybridized carbons (Fsp3) is 0. The van der Waals surface area contributed by atoms with Gasteiger partial charge in [0, 0.05) is 28.3 Å². The molecule has 5 rings (SSSR count). The Morgan fingerprint density at radius 3 is 1.89 bits per heavy atom. The first-order valence-electron chi connectivity index (χ1n) is 11.6. The number of rotatable bonds is 7. The van der Waals surface area contributed by atoms with E-state index in [0.29, 0.717) is 28.6 Å². The monoisotopic (exact) mass is 473 g/mol. The lowest BCUT2D eigenvalue weighted by Crippen LogP contribution is -1.99. The summed E-state index contributed by atoms with van der Waals surface area (Å²) in [6, 6.07) is 37.1. The van der Waals surface area contributed by atoms with E-state index in [1.807, 2.05) is 78.9 Å². The van der Waals surface area contributed by atoms with Crippen LogP contribution in [-0.4, -0.2) is 0 Å². The molecule has 0 aromatic heterocycles. The number of nitrogens with one attached hydrogen (secondary N) is 2. The van der Waals surface area contributed by atoms with Crippen LogP contribution in [0.5, 0.6) is 11.5 Å². The molecule has 0 radical (unpaired) electrons. The fourth-order valence-electron chi connectivity index (χ4n) is 3.91. The van der Waals surface area contributed by atoms with Crippen molar-refractivity contribution in [3.8, 4) is 22.6 Å². The maximum absolute atomic E-state index is 6.32. The van der Waals surface area contributed by atoms with Gasteiger partial charge in [0.2, 0.25) is 0 Å². The molecule has 0 saturated heterocycles.